The van der Waals surface area contributed by atoms with Crippen molar-refractivity contribution >= 4 is 54.2 Å². The SMILES string of the molecule is CCOc1c(Br)cc(C(=O)Nc2ccc3nc(N4CCOCC4)sc3c2)cc1OC. The first kappa shape index (κ1) is 20.9. The summed E-state index contributed by atoms with van der Waals surface area (Å²) in [7, 11) is 1.55. The van der Waals surface area contributed by atoms with E-state index in [-0.39, 0.29) is 5.91 Å². The van der Waals surface area contributed by atoms with Crippen LogP contribution in [0, 0.1) is 0 Å². The number of carbonyl (C=O) groups is 1. The van der Waals surface area contributed by atoms with E-state index in [1.54, 1.807) is 30.6 Å². The number of halogens is 1. The van der Waals surface area contributed by atoms with Crippen molar-refractivity contribution in [1.82, 2.24) is 4.98 Å². The molecular weight excluding hydrogens is 470 g/mol. The van der Waals surface area contributed by atoms with Gasteiger partial charge in [0, 0.05) is 24.3 Å². The van der Waals surface area contributed by atoms with Gasteiger partial charge in [0.15, 0.2) is 16.6 Å². The van der Waals surface area contributed by atoms with Gasteiger partial charge >= 0.3 is 0 Å². The lowest BCUT2D eigenvalue weighted by molar-refractivity contribution is 0.102. The third-order valence-electron chi connectivity index (χ3n) is 4.70. The van der Waals surface area contributed by atoms with E-state index in [4.69, 9.17) is 19.2 Å². The van der Waals surface area contributed by atoms with E-state index in [2.05, 4.69) is 26.1 Å². The largest absolute Gasteiger partial charge is 0.493 e. The molecule has 158 valence electrons. The quantitative estimate of drug-likeness (QED) is 0.544. The molecule has 1 N–H and O–H groups in total. The second kappa shape index (κ2) is 9.20. The molecule has 1 aliphatic rings. The highest BCUT2D eigenvalue weighted by Gasteiger charge is 2.18. The van der Waals surface area contributed by atoms with Gasteiger partial charge in [-0.2, -0.15) is 0 Å². The summed E-state index contributed by atoms with van der Waals surface area (Å²) in [5.41, 5.74) is 2.11. The Morgan fingerprint density at radius 2 is 2.10 bits per heavy atom. The molecule has 9 heteroatoms. The first-order chi connectivity index (χ1) is 14.6. The summed E-state index contributed by atoms with van der Waals surface area (Å²) in [5.74, 6) is 0.858. The minimum Gasteiger partial charge on any atom is -0.493 e. The minimum absolute atomic E-state index is 0.227. The van der Waals surface area contributed by atoms with Crippen LogP contribution in [0.4, 0.5) is 10.8 Å². The van der Waals surface area contributed by atoms with Crippen LogP contribution in [0.3, 0.4) is 0 Å². The van der Waals surface area contributed by atoms with Crippen LogP contribution in [0.15, 0.2) is 34.8 Å². The number of methoxy groups -OCH3 is 1. The summed E-state index contributed by atoms with van der Waals surface area (Å²) in [4.78, 5) is 19.8. The van der Waals surface area contributed by atoms with E-state index in [1.807, 2.05) is 25.1 Å². The fourth-order valence-electron chi connectivity index (χ4n) is 3.22. The number of thiazole rings is 1. The van der Waals surface area contributed by atoms with Crippen LogP contribution < -0.4 is 19.7 Å². The average Bonchev–Trinajstić information content (AvgIpc) is 3.19. The van der Waals surface area contributed by atoms with Crippen molar-refractivity contribution in [2.45, 2.75) is 6.92 Å². The molecule has 0 radical (unpaired) electrons. The first-order valence-corrected chi connectivity index (χ1v) is 11.2. The zero-order chi connectivity index (χ0) is 21.1. The zero-order valence-electron chi connectivity index (χ0n) is 16.7. The number of ether oxygens (including phenoxy) is 3. The maximum Gasteiger partial charge on any atom is 0.255 e. The lowest BCUT2D eigenvalue weighted by Gasteiger charge is -2.25. The Labute approximate surface area is 187 Å². The van der Waals surface area contributed by atoms with Crippen LogP contribution in [0.1, 0.15) is 17.3 Å². The number of nitrogens with zero attached hydrogens (tertiary/aromatic N) is 2. The van der Waals surface area contributed by atoms with Crippen molar-refractivity contribution < 1.29 is 19.0 Å². The van der Waals surface area contributed by atoms with Crippen molar-refractivity contribution in [2.24, 2.45) is 0 Å². The lowest BCUT2D eigenvalue weighted by atomic mass is 10.1. The molecule has 1 amide bonds. The summed E-state index contributed by atoms with van der Waals surface area (Å²) in [5, 5.41) is 3.94. The Morgan fingerprint density at radius 3 is 2.83 bits per heavy atom. The lowest BCUT2D eigenvalue weighted by Crippen LogP contribution is -2.36. The molecule has 1 aromatic heterocycles. The maximum atomic E-state index is 12.8. The Morgan fingerprint density at radius 1 is 1.30 bits per heavy atom. The van der Waals surface area contributed by atoms with Crippen molar-refractivity contribution in [3.05, 3.63) is 40.4 Å². The van der Waals surface area contributed by atoms with E-state index in [9.17, 15) is 4.79 Å². The van der Waals surface area contributed by atoms with Crippen LogP contribution in [0.5, 0.6) is 11.5 Å². The molecule has 1 fully saturated rings. The highest BCUT2D eigenvalue weighted by molar-refractivity contribution is 9.10. The molecule has 4 rings (SSSR count). The van der Waals surface area contributed by atoms with E-state index in [1.165, 1.54) is 0 Å². The van der Waals surface area contributed by atoms with E-state index in [0.29, 0.717) is 33.8 Å². The number of anilines is 2. The summed E-state index contributed by atoms with van der Waals surface area (Å²) in [6.45, 7) is 5.53. The summed E-state index contributed by atoms with van der Waals surface area (Å²) in [6.07, 6.45) is 0. The minimum atomic E-state index is -0.227. The number of rotatable bonds is 6. The van der Waals surface area contributed by atoms with Gasteiger partial charge in [0.1, 0.15) is 0 Å². The van der Waals surface area contributed by atoms with Gasteiger partial charge in [-0.05, 0) is 53.2 Å². The second-order valence-electron chi connectivity index (χ2n) is 6.65. The molecule has 1 saturated heterocycles. The number of morpholine rings is 1. The highest BCUT2D eigenvalue weighted by Crippen LogP contribution is 2.37. The maximum absolute atomic E-state index is 12.8. The van der Waals surface area contributed by atoms with Gasteiger partial charge in [-0.1, -0.05) is 11.3 Å². The van der Waals surface area contributed by atoms with Gasteiger partial charge in [0.25, 0.3) is 5.91 Å². The molecule has 1 aliphatic heterocycles. The van der Waals surface area contributed by atoms with Crippen molar-refractivity contribution in [1.29, 1.82) is 0 Å². The van der Waals surface area contributed by atoms with Crippen molar-refractivity contribution in [3.63, 3.8) is 0 Å². The topological polar surface area (TPSA) is 72.9 Å². The summed E-state index contributed by atoms with van der Waals surface area (Å²) >= 11 is 5.08. The Hall–Kier alpha value is -2.36. The monoisotopic (exact) mass is 491 g/mol. The number of hydrogen-bond acceptors (Lipinski definition) is 7. The molecule has 0 atom stereocenters. The first-order valence-electron chi connectivity index (χ1n) is 9.64. The molecule has 0 aliphatic carbocycles. The van der Waals surface area contributed by atoms with Crippen molar-refractivity contribution in [2.75, 3.05) is 50.2 Å². The Bertz CT molecular complexity index is 1070. The molecule has 0 saturated carbocycles. The third kappa shape index (κ3) is 4.38. The predicted octanol–water partition coefficient (Wildman–Crippen LogP) is 4.56. The van der Waals surface area contributed by atoms with Gasteiger partial charge in [0.05, 0.1) is 41.6 Å². The Balaban J connectivity index is 1.54. The fraction of sp³-hybridized carbons (Fsp3) is 0.333. The van der Waals surface area contributed by atoms with Crippen LogP contribution in [-0.4, -0.2) is 50.9 Å². The highest BCUT2D eigenvalue weighted by atomic mass is 79.9. The molecular formula is C21H22BrN3O4S. The molecule has 30 heavy (non-hydrogen) atoms. The normalized spacial score (nSPS) is 14.0. The molecule has 3 aromatic rings. The molecule has 0 bridgehead atoms. The number of aromatic nitrogens is 1. The fourth-order valence-corrected chi connectivity index (χ4v) is 4.83. The third-order valence-corrected chi connectivity index (χ3v) is 6.36. The van der Waals surface area contributed by atoms with E-state index >= 15 is 0 Å². The van der Waals surface area contributed by atoms with Gasteiger partial charge < -0.3 is 24.4 Å². The number of fused-ring (bicyclic) bond motifs is 1. The van der Waals surface area contributed by atoms with Gasteiger partial charge in [-0.15, -0.1) is 0 Å². The number of carbonyl (C=O) groups excluding carboxylic acids is 1. The van der Waals surface area contributed by atoms with Crippen LogP contribution in [0.25, 0.3) is 10.2 Å². The van der Waals surface area contributed by atoms with Gasteiger partial charge in [-0.3, -0.25) is 4.79 Å². The molecule has 2 heterocycles. The predicted molar refractivity (Wildman–Crippen MR) is 122 cm³/mol. The zero-order valence-corrected chi connectivity index (χ0v) is 19.1. The van der Waals surface area contributed by atoms with Crippen LogP contribution in [0.2, 0.25) is 0 Å². The van der Waals surface area contributed by atoms with E-state index in [0.717, 1.165) is 41.7 Å². The van der Waals surface area contributed by atoms with Gasteiger partial charge in [0.2, 0.25) is 0 Å². The number of benzene rings is 2. The van der Waals surface area contributed by atoms with Crippen LogP contribution >= 0.6 is 27.3 Å². The average molecular weight is 492 g/mol. The molecule has 7 nitrogen and oxygen atoms in total. The van der Waals surface area contributed by atoms with Crippen molar-refractivity contribution in [3.8, 4) is 11.5 Å². The van der Waals surface area contributed by atoms with E-state index < -0.39 is 0 Å². The summed E-state index contributed by atoms with van der Waals surface area (Å²) < 4.78 is 18.1. The second-order valence-corrected chi connectivity index (χ2v) is 8.52. The Kier molecular flexibility index (Phi) is 6.40. The molecule has 0 unspecified atom stereocenters. The number of hydrogen-bond donors (Lipinski definition) is 1. The van der Waals surface area contributed by atoms with Crippen LogP contribution in [-0.2, 0) is 4.74 Å². The molecule has 2 aromatic carbocycles. The smallest absolute Gasteiger partial charge is 0.255 e. The number of nitrogens with one attached hydrogen (secondary N) is 1. The summed E-state index contributed by atoms with van der Waals surface area (Å²) in [6, 6.07) is 9.15. The molecule has 0 spiro atoms. The van der Waals surface area contributed by atoms with Gasteiger partial charge in [-0.25, -0.2) is 4.98 Å². The number of amides is 1. The standard InChI is InChI=1S/C21H22BrN3O4S/c1-3-29-19-15(22)10-13(11-17(19)27-2)20(26)23-14-4-5-16-18(12-14)30-21(24-16)25-6-8-28-9-7-25/h4-5,10-12H,3,6-9H2,1-2H3,(H,23,26).